The first-order valence-electron chi connectivity index (χ1n) is 11.8. The SMILES string of the molecule is Cc1nn(C)cc1S(=O)(=O)Nc1cc2c(cc1Oc1cccc(OCc3ccccc3)c1)n(C)c(=O)n2C. The molecule has 0 saturated heterocycles. The first-order chi connectivity index (χ1) is 18.1. The highest BCUT2D eigenvalue weighted by Gasteiger charge is 2.23. The van der Waals surface area contributed by atoms with Crippen molar-refractivity contribution in [1.82, 2.24) is 18.9 Å². The maximum Gasteiger partial charge on any atom is 0.328 e. The number of hydrogen-bond acceptors (Lipinski definition) is 6. The van der Waals surface area contributed by atoms with Crippen molar-refractivity contribution in [3.05, 3.63) is 94.7 Å². The van der Waals surface area contributed by atoms with Crippen LogP contribution in [0.15, 0.2) is 82.6 Å². The zero-order chi connectivity index (χ0) is 27.0. The molecule has 0 aliphatic heterocycles. The molecule has 0 atom stereocenters. The van der Waals surface area contributed by atoms with E-state index in [2.05, 4.69) is 9.82 Å². The Kier molecular flexibility index (Phi) is 6.45. The standard InChI is InChI=1S/C27H27N5O5S/c1-18-26(16-30(2)28-18)38(34,35)29-22-14-23-24(32(4)27(33)31(23)3)15-25(22)37-21-12-8-11-20(13-21)36-17-19-9-6-5-7-10-19/h5-16,29H,17H2,1-4H3. The Morgan fingerprint density at radius 2 is 1.58 bits per heavy atom. The van der Waals surface area contributed by atoms with Crippen molar-refractivity contribution in [3.8, 4) is 17.2 Å². The monoisotopic (exact) mass is 533 g/mol. The van der Waals surface area contributed by atoms with Crippen LogP contribution in [0.25, 0.3) is 11.0 Å². The van der Waals surface area contributed by atoms with Crippen molar-refractivity contribution in [2.45, 2.75) is 18.4 Å². The molecule has 0 spiro atoms. The maximum atomic E-state index is 13.3. The Morgan fingerprint density at radius 3 is 2.26 bits per heavy atom. The summed E-state index contributed by atoms with van der Waals surface area (Å²) in [6.07, 6.45) is 1.43. The van der Waals surface area contributed by atoms with E-state index in [0.717, 1.165) is 5.56 Å². The topological polar surface area (TPSA) is 109 Å². The lowest BCUT2D eigenvalue weighted by Crippen LogP contribution is -2.19. The number of ether oxygens (including phenoxy) is 2. The van der Waals surface area contributed by atoms with Gasteiger partial charge in [-0.3, -0.25) is 18.5 Å². The number of sulfonamides is 1. The van der Waals surface area contributed by atoms with E-state index in [9.17, 15) is 13.2 Å². The quantitative estimate of drug-likeness (QED) is 0.322. The van der Waals surface area contributed by atoms with E-state index in [1.54, 1.807) is 58.4 Å². The lowest BCUT2D eigenvalue weighted by Gasteiger charge is -2.15. The molecule has 5 rings (SSSR count). The molecule has 3 aromatic carbocycles. The lowest BCUT2D eigenvalue weighted by atomic mass is 10.2. The lowest BCUT2D eigenvalue weighted by molar-refractivity contribution is 0.304. The van der Waals surface area contributed by atoms with Crippen LogP contribution in [0.4, 0.5) is 5.69 Å². The van der Waals surface area contributed by atoms with Crippen molar-refractivity contribution < 1.29 is 17.9 Å². The number of imidazole rings is 1. The molecule has 0 aliphatic carbocycles. The van der Waals surface area contributed by atoms with E-state index in [1.807, 2.05) is 36.4 Å². The second-order valence-corrected chi connectivity index (χ2v) is 10.6. The summed E-state index contributed by atoms with van der Waals surface area (Å²) in [6.45, 7) is 2.01. The van der Waals surface area contributed by atoms with Gasteiger partial charge in [-0.2, -0.15) is 5.10 Å². The summed E-state index contributed by atoms with van der Waals surface area (Å²) < 4.78 is 45.7. The van der Waals surface area contributed by atoms with Crippen LogP contribution in [0.5, 0.6) is 17.2 Å². The fraction of sp³-hybridized carbons (Fsp3) is 0.185. The van der Waals surface area contributed by atoms with Crippen LogP contribution in [0, 0.1) is 6.92 Å². The summed E-state index contributed by atoms with van der Waals surface area (Å²) >= 11 is 0. The molecule has 1 N–H and O–H groups in total. The van der Waals surface area contributed by atoms with Gasteiger partial charge in [-0.25, -0.2) is 13.2 Å². The van der Waals surface area contributed by atoms with Gasteiger partial charge in [0, 0.05) is 39.5 Å². The van der Waals surface area contributed by atoms with E-state index in [1.165, 1.54) is 20.0 Å². The van der Waals surface area contributed by atoms with Gasteiger partial charge in [-0.1, -0.05) is 36.4 Å². The van der Waals surface area contributed by atoms with Crippen molar-refractivity contribution in [2.24, 2.45) is 21.1 Å². The third kappa shape index (κ3) is 4.88. The number of rotatable bonds is 8. The molecule has 0 saturated carbocycles. The molecular weight excluding hydrogens is 506 g/mol. The molecule has 196 valence electrons. The zero-order valence-corrected chi connectivity index (χ0v) is 22.2. The molecule has 11 heteroatoms. The Morgan fingerprint density at radius 1 is 0.895 bits per heavy atom. The Labute approximate surface area is 219 Å². The number of aromatic nitrogens is 4. The highest BCUT2D eigenvalue weighted by Crippen LogP contribution is 2.36. The predicted molar refractivity (Wildman–Crippen MR) is 144 cm³/mol. The molecule has 0 fully saturated rings. The smallest absolute Gasteiger partial charge is 0.328 e. The normalized spacial score (nSPS) is 11.6. The first-order valence-corrected chi connectivity index (χ1v) is 13.3. The van der Waals surface area contributed by atoms with Crippen LogP contribution in [0.1, 0.15) is 11.3 Å². The van der Waals surface area contributed by atoms with Gasteiger partial charge in [0.05, 0.1) is 22.4 Å². The van der Waals surface area contributed by atoms with Crippen LogP contribution in [0.3, 0.4) is 0 Å². The van der Waals surface area contributed by atoms with Crippen molar-refractivity contribution in [3.63, 3.8) is 0 Å². The molecule has 38 heavy (non-hydrogen) atoms. The van der Waals surface area contributed by atoms with Crippen LogP contribution in [-0.2, 0) is 37.8 Å². The highest BCUT2D eigenvalue weighted by molar-refractivity contribution is 7.92. The molecular formula is C27H27N5O5S. The minimum absolute atomic E-state index is 0.0457. The molecule has 5 aromatic rings. The van der Waals surface area contributed by atoms with Crippen molar-refractivity contribution in [1.29, 1.82) is 0 Å². The van der Waals surface area contributed by atoms with E-state index in [0.29, 0.717) is 34.8 Å². The number of aryl methyl sites for hydroxylation is 4. The van der Waals surface area contributed by atoms with Gasteiger partial charge in [0.15, 0.2) is 5.75 Å². The highest BCUT2D eigenvalue weighted by atomic mass is 32.2. The number of nitrogens with one attached hydrogen (secondary N) is 1. The molecule has 0 bridgehead atoms. The predicted octanol–water partition coefficient (Wildman–Crippen LogP) is 4.09. The van der Waals surface area contributed by atoms with Crippen molar-refractivity contribution in [2.75, 3.05) is 4.72 Å². The summed E-state index contributed by atoms with van der Waals surface area (Å²) in [5.74, 6) is 1.26. The average Bonchev–Trinajstić information content (AvgIpc) is 3.35. The van der Waals surface area contributed by atoms with Crippen LogP contribution in [0.2, 0.25) is 0 Å². The minimum atomic E-state index is -4.00. The molecule has 2 aromatic heterocycles. The second-order valence-electron chi connectivity index (χ2n) is 8.95. The van der Waals surface area contributed by atoms with E-state index >= 15 is 0 Å². The molecule has 0 radical (unpaired) electrons. The third-order valence-electron chi connectivity index (χ3n) is 6.16. The zero-order valence-electron chi connectivity index (χ0n) is 21.4. The maximum absolute atomic E-state index is 13.3. The minimum Gasteiger partial charge on any atom is -0.489 e. The third-order valence-corrected chi connectivity index (χ3v) is 7.63. The summed E-state index contributed by atoms with van der Waals surface area (Å²) in [5, 5.41) is 4.14. The summed E-state index contributed by atoms with van der Waals surface area (Å²) in [6, 6.07) is 20.1. The number of fused-ring (bicyclic) bond motifs is 1. The van der Waals surface area contributed by atoms with Crippen LogP contribution >= 0.6 is 0 Å². The number of hydrogen-bond donors (Lipinski definition) is 1. The van der Waals surface area contributed by atoms with Gasteiger partial charge in [0.1, 0.15) is 23.0 Å². The Bertz CT molecular complexity index is 1800. The Hall–Kier alpha value is -4.51. The average molecular weight is 534 g/mol. The Balaban J connectivity index is 1.52. The summed E-state index contributed by atoms with van der Waals surface area (Å²) in [5.41, 5.74) is 2.45. The van der Waals surface area contributed by atoms with Gasteiger partial charge in [0.2, 0.25) is 0 Å². The number of benzene rings is 3. The van der Waals surface area contributed by atoms with Gasteiger partial charge in [0.25, 0.3) is 10.0 Å². The fourth-order valence-electron chi connectivity index (χ4n) is 4.23. The van der Waals surface area contributed by atoms with Gasteiger partial charge < -0.3 is 9.47 Å². The van der Waals surface area contributed by atoms with E-state index in [4.69, 9.17) is 9.47 Å². The molecule has 2 heterocycles. The van der Waals surface area contributed by atoms with Crippen molar-refractivity contribution >= 4 is 26.7 Å². The first kappa shape index (κ1) is 25.2. The second kappa shape index (κ2) is 9.75. The largest absolute Gasteiger partial charge is 0.489 e. The van der Waals surface area contributed by atoms with Gasteiger partial charge in [-0.05, 0) is 30.7 Å². The van der Waals surface area contributed by atoms with Gasteiger partial charge >= 0.3 is 5.69 Å². The van der Waals surface area contributed by atoms with Crippen LogP contribution in [-0.4, -0.2) is 27.3 Å². The number of nitrogens with zero attached hydrogens (tertiary/aromatic N) is 4. The molecule has 0 amide bonds. The summed E-state index contributed by atoms with van der Waals surface area (Å²) in [4.78, 5) is 12.6. The fourth-order valence-corrected chi connectivity index (χ4v) is 5.51. The van der Waals surface area contributed by atoms with E-state index < -0.39 is 10.0 Å². The molecule has 10 nitrogen and oxygen atoms in total. The molecule has 0 unspecified atom stereocenters. The summed E-state index contributed by atoms with van der Waals surface area (Å²) in [7, 11) is 0.925. The van der Waals surface area contributed by atoms with Gasteiger partial charge in [-0.15, -0.1) is 0 Å². The molecule has 0 aliphatic rings. The number of anilines is 1. The van der Waals surface area contributed by atoms with E-state index in [-0.39, 0.29) is 22.0 Å². The van der Waals surface area contributed by atoms with Crippen LogP contribution < -0.4 is 19.9 Å².